The molecule has 0 aliphatic carbocycles. The van der Waals surface area contributed by atoms with Gasteiger partial charge in [-0.1, -0.05) is 24.3 Å². The monoisotopic (exact) mass is 400 g/mol. The highest BCUT2D eigenvalue weighted by atomic mass is 79.9. The molecule has 5 nitrogen and oxygen atoms in total. The van der Waals surface area contributed by atoms with Crippen LogP contribution in [0.5, 0.6) is 0 Å². The maximum atomic E-state index is 12.1. The number of carbonyl (C=O) groups excluding carboxylic acids is 2. The summed E-state index contributed by atoms with van der Waals surface area (Å²) < 4.78 is 6.26. The van der Waals surface area contributed by atoms with Crippen molar-refractivity contribution < 1.29 is 14.0 Å². The van der Waals surface area contributed by atoms with Gasteiger partial charge in [-0.15, -0.1) is 0 Å². The molecule has 0 aliphatic rings. The number of amides is 2. The number of nitrogens with one attached hydrogen (secondary N) is 2. The van der Waals surface area contributed by atoms with Crippen molar-refractivity contribution in [3.8, 4) is 0 Å². The molecule has 1 aromatic heterocycles. The van der Waals surface area contributed by atoms with Crippen LogP contribution in [0.4, 0.5) is 0 Å². The van der Waals surface area contributed by atoms with Crippen LogP contribution in [0.1, 0.15) is 27.0 Å². The van der Waals surface area contributed by atoms with Crippen LogP contribution < -0.4 is 10.9 Å². The summed E-state index contributed by atoms with van der Waals surface area (Å²) in [5.41, 5.74) is 9.08. The minimum Gasteiger partial charge on any atom is -0.464 e. The maximum Gasteiger partial charge on any atom is 0.270 e. The molecule has 1 heterocycles. The van der Waals surface area contributed by atoms with Crippen molar-refractivity contribution in [2.75, 3.05) is 0 Å². The van der Waals surface area contributed by atoms with Crippen molar-refractivity contribution in [1.82, 2.24) is 10.9 Å². The van der Waals surface area contributed by atoms with E-state index in [9.17, 15) is 9.59 Å². The lowest BCUT2D eigenvalue weighted by atomic mass is 10.0. The lowest BCUT2D eigenvalue weighted by molar-refractivity contribution is -0.121. The highest BCUT2D eigenvalue weighted by Gasteiger charge is 2.14. The van der Waals surface area contributed by atoms with Gasteiger partial charge in [-0.25, -0.2) is 0 Å². The molecule has 128 valence electrons. The second kappa shape index (κ2) is 7.11. The first-order valence-corrected chi connectivity index (χ1v) is 8.56. The summed E-state index contributed by atoms with van der Waals surface area (Å²) in [6, 6.07) is 10.9. The largest absolute Gasteiger partial charge is 0.464 e. The van der Waals surface area contributed by atoms with Gasteiger partial charge in [-0.3, -0.25) is 20.4 Å². The lowest BCUT2D eigenvalue weighted by Gasteiger charge is -2.08. The molecule has 0 atom stereocenters. The van der Waals surface area contributed by atoms with Crippen LogP contribution in [0.3, 0.4) is 0 Å². The molecule has 0 fully saturated rings. The fraction of sp³-hybridized carbons (Fsp3) is 0.158. The van der Waals surface area contributed by atoms with E-state index in [2.05, 4.69) is 26.8 Å². The van der Waals surface area contributed by atoms with Gasteiger partial charge in [-0.2, -0.15) is 0 Å². The molecule has 0 aliphatic heterocycles. The molecular weight excluding hydrogens is 384 g/mol. The Balaban J connectivity index is 1.66. The average Bonchev–Trinajstić information content (AvgIpc) is 3.00. The van der Waals surface area contributed by atoms with Crippen LogP contribution >= 0.6 is 15.9 Å². The van der Waals surface area contributed by atoms with Crippen molar-refractivity contribution >= 4 is 38.7 Å². The average molecular weight is 401 g/mol. The Morgan fingerprint density at radius 2 is 1.84 bits per heavy atom. The summed E-state index contributed by atoms with van der Waals surface area (Å²) in [5, 5.41) is 0.912. The number of hydrogen-bond donors (Lipinski definition) is 2. The third kappa shape index (κ3) is 3.58. The van der Waals surface area contributed by atoms with E-state index in [1.165, 1.54) is 0 Å². The second-order valence-electron chi connectivity index (χ2n) is 5.80. The van der Waals surface area contributed by atoms with Crippen LogP contribution in [-0.2, 0) is 11.2 Å². The Labute approximate surface area is 153 Å². The first-order chi connectivity index (χ1) is 12.0. The van der Waals surface area contributed by atoms with Crippen molar-refractivity contribution in [2.45, 2.75) is 20.3 Å². The van der Waals surface area contributed by atoms with Gasteiger partial charge in [0.1, 0.15) is 5.58 Å². The van der Waals surface area contributed by atoms with Gasteiger partial charge in [0.15, 0.2) is 0 Å². The molecule has 0 unspecified atom stereocenters. The quantitative estimate of drug-likeness (QED) is 0.656. The van der Waals surface area contributed by atoms with Crippen LogP contribution in [0, 0.1) is 13.8 Å². The normalized spacial score (nSPS) is 10.7. The zero-order chi connectivity index (χ0) is 18.0. The molecule has 0 radical (unpaired) electrons. The molecule has 2 aromatic carbocycles. The first kappa shape index (κ1) is 17.2. The number of carbonyl (C=O) groups is 2. The van der Waals surface area contributed by atoms with Crippen LogP contribution in [-0.4, -0.2) is 11.8 Å². The van der Waals surface area contributed by atoms with E-state index < -0.39 is 0 Å². The molecule has 0 saturated carbocycles. The van der Waals surface area contributed by atoms with Gasteiger partial charge in [0.05, 0.1) is 18.2 Å². The number of hydrazine groups is 1. The fourth-order valence-electron chi connectivity index (χ4n) is 2.58. The summed E-state index contributed by atoms with van der Waals surface area (Å²) >= 11 is 3.31. The van der Waals surface area contributed by atoms with Gasteiger partial charge >= 0.3 is 0 Å². The Bertz CT molecular complexity index is 962. The van der Waals surface area contributed by atoms with E-state index in [0.29, 0.717) is 10.0 Å². The van der Waals surface area contributed by atoms with Crippen LogP contribution in [0.15, 0.2) is 51.6 Å². The molecular formula is C19H17BrN2O3. The van der Waals surface area contributed by atoms with Crippen molar-refractivity contribution in [2.24, 2.45) is 0 Å². The van der Waals surface area contributed by atoms with Crippen LogP contribution in [0.2, 0.25) is 0 Å². The zero-order valence-electron chi connectivity index (χ0n) is 13.9. The Hall–Kier alpha value is -2.60. The second-order valence-corrected chi connectivity index (χ2v) is 6.66. The number of fused-ring (bicyclic) bond motifs is 1. The summed E-state index contributed by atoms with van der Waals surface area (Å²) in [4.78, 5) is 24.2. The number of furan rings is 1. The van der Waals surface area contributed by atoms with Crippen molar-refractivity contribution in [3.05, 3.63) is 69.4 Å². The molecule has 0 saturated heterocycles. The van der Waals surface area contributed by atoms with Gasteiger partial charge in [0.2, 0.25) is 5.91 Å². The molecule has 3 aromatic rings. The Morgan fingerprint density at radius 3 is 2.60 bits per heavy atom. The number of aryl methyl sites for hydroxylation is 2. The number of benzene rings is 2. The molecule has 2 amide bonds. The van der Waals surface area contributed by atoms with Gasteiger partial charge < -0.3 is 4.42 Å². The number of hydrogen-bond acceptors (Lipinski definition) is 3. The molecule has 25 heavy (non-hydrogen) atoms. The lowest BCUT2D eigenvalue weighted by Crippen LogP contribution is -2.42. The standard InChI is InChI=1S/C19H17BrN2O3/c1-11-7-8-14-13(10-25-18(14)12(11)2)9-17(23)21-22-19(24)15-5-3-4-6-16(15)20/h3-8,10H,9H2,1-2H3,(H,21,23)(H,22,24). The van der Waals surface area contributed by atoms with Gasteiger partial charge in [0.25, 0.3) is 5.91 Å². The molecule has 0 spiro atoms. The van der Waals surface area contributed by atoms with E-state index in [-0.39, 0.29) is 18.2 Å². The fourth-order valence-corrected chi connectivity index (χ4v) is 3.05. The summed E-state index contributed by atoms with van der Waals surface area (Å²) in [6.45, 7) is 4.00. The van der Waals surface area contributed by atoms with Crippen molar-refractivity contribution in [3.63, 3.8) is 0 Å². The molecule has 0 bridgehead atoms. The van der Waals surface area contributed by atoms with E-state index in [1.54, 1.807) is 24.5 Å². The third-order valence-electron chi connectivity index (χ3n) is 4.13. The summed E-state index contributed by atoms with van der Waals surface area (Å²) in [7, 11) is 0. The van der Waals surface area contributed by atoms with E-state index in [1.807, 2.05) is 32.0 Å². The van der Waals surface area contributed by atoms with Crippen molar-refractivity contribution in [1.29, 1.82) is 0 Å². The zero-order valence-corrected chi connectivity index (χ0v) is 15.4. The predicted octanol–water partition coefficient (Wildman–Crippen LogP) is 3.82. The molecule has 6 heteroatoms. The molecule has 3 rings (SSSR count). The predicted molar refractivity (Wildman–Crippen MR) is 99.1 cm³/mol. The smallest absolute Gasteiger partial charge is 0.270 e. The molecule has 2 N–H and O–H groups in total. The Morgan fingerprint density at radius 1 is 1.08 bits per heavy atom. The number of rotatable bonds is 3. The Kier molecular flexibility index (Phi) is 4.90. The summed E-state index contributed by atoms with van der Waals surface area (Å²) in [6.07, 6.45) is 1.71. The van der Waals surface area contributed by atoms with Gasteiger partial charge in [-0.05, 0) is 53.0 Å². The van der Waals surface area contributed by atoms with Crippen LogP contribution in [0.25, 0.3) is 11.0 Å². The van der Waals surface area contributed by atoms with E-state index >= 15 is 0 Å². The minimum absolute atomic E-state index is 0.117. The third-order valence-corrected chi connectivity index (χ3v) is 4.82. The number of halogens is 1. The SMILES string of the molecule is Cc1ccc2c(CC(=O)NNC(=O)c3ccccc3Br)coc2c1C. The van der Waals surface area contributed by atoms with E-state index in [0.717, 1.165) is 27.7 Å². The topological polar surface area (TPSA) is 71.3 Å². The highest BCUT2D eigenvalue weighted by molar-refractivity contribution is 9.10. The van der Waals surface area contributed by atoms with Gasteiger partial charge in [0, 0.05) is 15.4 Å². The maximum absolute atomic E-state index is 12.1. The first-order valence-electron chi connectivity index (χ1n) is 7.77. The summed E-state index contributed by atoms with van der Waals surface area (Å²) in [5.74, 6) is -0.703. The van der Waals surface area contributed by atoms with E-state index in [4.69, 9.17) is 4.42 Å². The minimum atomic E-state index is -0.385. The highest BCUT2D eigenvalue weighted by Crippen LogP contribution is 2.26.